The Morgan fingerprint density at radius 3 is 2.67 bits per heavy atom. The van der Waals surface area contributed by atoms with E-state index in [4.69, 9.17) is 17.3 Å². The highest BCUT2D eigenvalue weighted by Gasteiger charge is 2.25. The maximum Gasteiger partial charge on any atom is 0.292 e. The van der Waals surface area contributed by atoms with E-state index in [1.165, 1.54) is 6.92 Å². The van der Waals surface area contributed by atoms with Gasteiger partial charge in [-0.1, -0.05) is 23.4 Å². The first-order valence-electron chi connectivity index (χ1n) is 5.96. The molecule has 21 heavy (non-hydrogen) atoms. The van der Waals surface area contributed by atoms with E-state index in [0.717, 1.165) is 23.9 Å². The highest BCUT2D eigenvalue weighted by atomic mass is 35.5. The molecular formula is C12H15ClN2O5S. The number of aliphatic hydroxyl groups is 2. The Hall–Kier alpha value is -1.35. The monoisotopic (exact) mass is 334 g/mol. The van der Waals surface area contributed by atoms with Gasteiger partial charge in [0.25, 0.3) is 5.69 Å². The molecule has 1 rings (SSSR count). The van der Waals surface area contributed by atoms with E-state index >= 15 is 0 Å². The number of halogens is 1. The van der Waals surface area contributed by atoms with Crippen molar-refractivity contribution >= 4 is 39.9 Å². The molecule has 0 saturated heterocycles. The zero-order chi connectivity index (χ0) is 16.2. The van der Waals surface area contributed by atoms with Gasteiger partial charge < -0.3 is 15.9 Å². The smallest absolute Gasteiger partial charge is 0.292 e. The zero-order valence-electron chi connectivity index (χ0n) is 11.2. The minimum absolute atomic E-state index is 0.0258. The number of nitro groups is 1. The third kappa shape index (κ3) is 4.85. The molecule has 1 aromatic carbocycles. The number of aliphatic hydroxyl groups excluding tert-OH is 2. The average molecular weight is 335 g/mol. The molecule has 0 aliphatic rings. The van der Waals surface area contributed by atoms with E-state index in [1.54, 1.807) is 0 Å². The first kappa shape index (κ1) is 17.7. The zero-order valence-corrected chi connectivity index (χ0v) is 12.7. The number of hydrogen-bond donors (Lipinski definition) is 3. The van der Waals surface area contributed by atoms with Crippen molar-refractivity contribution in [2.75, 3.05) is 11.5 Å². The molecule has 7 nitrogen and oxygen atoms in total. The fraction of sp³-hybridized carbons (Fsp3) is 0.417. The van der Waals surface area contributed by atoms with Crippen molar-refractivity contribution in [2.45, 2.75) is 25.6 Å². The number of nitrogens with two attached hydrogens (primary N) is 1. The summed E-state index contributed by atoms with van der Waals surface area (Å²) in [4.78, 5) is 20.9. The number of thioether (sulfide) groups is 1. The van der Waals surface area contributed by atoms with Crippen LogP contribution in [0.5, 0.6) is 0 Å². The molecule has 0 spiro atoms. The van der Waals surface area contributed by atoms with Crippen molar-refractivity contribution in [2.24, 2.45) is 0 Å². The van der Waals surface area contributed by atoms with E-state index < -0.39 is 22.8 Å². The summed E-state index contributed by atoms with van der Waals surface area (Å²) >= 11 is 6.91. The van der Waals surface area contributed by atoms with Crippen LogP contribution in [0.15, 0.2) is 12.1 Å². The van der Waals surface area contributed by atoms with Gasteiger partial charge in [0.15, 0.2) is 5.12 Å². The van der Waals surface area contributed by atoms with Crippen LogP contribution in [0.1, 0.15) is 25.0 Å². The number of nitro benzene ring substituents is 1. The van der Waals surface area contributed by atoms with Gasteiger partial charge in [-0.25, -0.2) is 0 Å². The highest BCUT2D eigenvalue weighted by Crippen LogP contribution is 2.34. The standard InChI is InChI=1S/C12H15ClN2O5S/c1-6(16)21-3-2-11(17)12(18)7-4-10(15(19)20)9(14)5-8(7)13/h4-5,11-12,17-18H,2-3,14H2,1H3. The predicted octanol–water partition coefficient (Wildman–Crippen LogP) is 1.89. The van der Waals surface area contributed by atoms with Crippen molar-refractivity contribution in [3.05, 3.63) is 32.8 Å². The molecular weight excluding hydrogens is 320 g/mol. The van der Waals surface area contributed by atoms with Gasteiger partial charge in [0.2, 0.25) is 0 Å². The summed E-state index contributed by atoms with van der Waals surface area (Å²) < 4.78 is 0. The van der Waals surface area contributed by atoms with Crippen molar-refractivity contribution in [1.29, 1.82) is 0 Å². The maximum absolute atomic E-state index is 10.8. The van der Waals surface area contributed by atoms with Gasteiger partial charge in [0.05, 0.1) is 11.0 Å². The summed E-state index contributed by atoms with van der Waals surface area (Å²) in [6.45, 7) is 1.40. The van der Waals surface area contributed by atoms with Gasteiger partial charge >= 0.3 is 0 Å². The third-order valence-corrected chi connectivity index (χ3v) is 3.92. The van der Waals surface area contributed by atoms with E-state index in [-0.39, 0.29) is 27.8 Å². The Morgan fingerprint density at radius 1 is 1.52 bits per heavy atom. The molecule has 0 bridgehead atoms. The van der Waals surface area contributed by atoms with Crippen LogP contribution in [0.3, 0.4) is 0 Å². The molecule has 0 aliphatic carbocycles. The van der Waals surface area contributed by atoms with Crippen LogP contribution in [-0.2, 0) is 4.79 Å². The van der Waals surface area contributed by atoms with Gasteiger partial charge in [0, 0.05) is 29.3 Å². The molecule has 0 aliphatic heterocycles. The number of anilines is 1. The minimum Gasteiger partial charge on any atom is -0.393 e. The number of benzene rings is 1. The van der Waals surface area contributed by atoms with Crippen LogP contribution in [0, 0.1) is 10.1 Å². The van der Waals surface area contributed by atoms with E-state index in [2.05, 4.69) is 0 Å². The number of nitrogens with zero attached hydrogens (tertiary/aromatic N) is 1. The number of nitrogen functional groups attached to an aromatic ring is 1. The van der Waals surface area contributed by atoms with E-state index in [0.29, 0.717) is 5.75 Å². The van der Waals surface area contributed by atoms with Crippen molar-refractivity contribution in [1.82, 2.24) is 0 Å². The minimum atomic E-state index is -1.40. The molecule has 0 fully saturated rings. The van der Waals surface area contributed by atoms with Gasteiger partial charge in [-0.15, -0.1) is 0 Å². The summed E-state index contributed by atoms with van der Waals surface area (Å²) in [6.07, 6.45) is -2.46. The predicted molar refractivity (Wildman–Crippen MR) is 81.2 cm³/mol. The summed E-state index contributed by atoms with van der Waals surface area (Å²) in [5, 5.41) is 30.7. The maximum atomic E-state index is 10.8. The fourth-order valence-corrected chi connectivity index (χ4v) is 2.60. The lowest BCUT2D eigenvalue weighted by Gasteiger charge is -2.19. The summed E-state index contributed by atoms with van der Waals surface area (Å²) in [6, 6.07) is 2.21. The molecule has 0 heterocycles. The quantitative estimate of drug-likeness (QED) is 0.412. The molecule has 116 valence electrons. The van der Waals surface area contributed by atoms with Crippen molar-refractivity contribution in [3.8, 4) is 0 Å². The molecule has 2 atom stereocenters. The van der Waals surface area contributed by atoms with Gasteiger partial charge in [-0.2, -0.15) is 0 Å². The number of carbonyl (C=O) groups excluding carboxylic acids is 1. The van der Waals surface area contributed by atoms with Crippen LogP contribution < -0.4 is 5.73 Å². The summed E-state index contributed by atoms with van der Waals surface area (Å²) in [5.41, 5.74) is 4.98. The van der Waals surface area contributed by atoms with Crippen LogP contribution in [0.2, 0.25) is 5.02 Å². The topological polar surface area (TPSA) is 127 Å². The molecule has 0 saturated carbocycles. The largest absolute Gasteiger partial charge is 0.393 e. The molecule has 1 aromatic rings. The Morgan fingerprint density at radius 2 is 2.14 bits per heavy atom. The normalized spacial score (nSPS) is 13.7. The molecule has 0 amide bonds. The lowest BCUT2D eigenvalue weighted by molar-refractivity contribution is -0.384. The average Bonchev–Trinajstić information content (AvgIpc) is 2.37. The number of carbonyl (C=O) groups is 1. The number of rotatable bonds is 6. The molecule has 9 heteroatoms. The van der Waals surface area contributed by atoms with Crippen LogP contribution in [0.25, 0.3) is 0 Å². The second kappa shape index (κ2) is 7.60. The molecule has 2 unspecified atom stereocenters. The van der Waals surface area contributed by atoms with Gasteiger partial charge in [0.1, 0.15) is 11.8 Å². The fourth-order valence-electron chi connectivity index (χ4n) is 1.67. The lowest BCUT2D eigenvalue weighted by Crippen LogP contribution is -2.20. The van der Waals surface area contributed by atoms with Gasteiger partial charge in [-0.05, 0) is 12.5 Å². The Labute approximate surface area is 130 Å². The lowest BCUT2D eigenvalue weighted by atomic mass is 10.0. The second-order valence-corrected chi connectivity index (χ2v) is 6.01. The number of hydrogen-bond acceptors (Lipinski definition) is 7. The van der Waals surface area contributed by atoms with Crippen LogP contribution >= 0.6 is 23.4 Å². The van der Waals surface area contributed by atoms with Gasteiger partial charge in [-0.3, -0.25) is 14.9 Å². The Balaban J connectivity index is 2.90. The van der Waals surface area contributed by atoms with Crippen molar-refractivity contribution < 1.29 is 19.9 Å². The molecule has 0 radical (unpaired) electrons. The van der Waals surface area contributed by atoms with Crippen LogP contribution in [0.4, 0.5) is 11.4 Å². The van der Waals surface area contributed by atoms with Crippen molar-refractivity contribution in [3.63, 3.8) is 0 Å². The first-order chi connectivity index (χ1) is 9.73. The van der Waals surface area contributed by atoms with E-state index in [1.807, 2.05) is 0 Å². The first-order valence-corrected chi connectivity index (χ1v) is 7.33. The Kier molecular flexibility index (Phi) is 6.41. The van der Waals surface area contributed by atoms with E-state index in [9.17, 15) is 25.1 Å². The SMILES string of the molecule is CC(=O)SCCC(O)C(O)c1cc([N+](=O)[O-])c(N)cc1Cl. The Bertz CT molecular complexity index is 555. The third-order valence-electron chi connectivity index (χ3n) is 2.74. The second-order valence-electron chi connectivity index (χ2n) is 4.33. The van der Waals surface area contributed by atoms with Crippen LogP contribution in [-0.4, -0.2) is 32.1 Å². The molecule has 4 N–H and O–H groups in total. The summed E-state index contributed by atoms with van der Waals surface area (Å²) in [5.74, 6) is 0.322. The molecule has 0 aromatic heterocycles. The summed E-state index contributed by atoms with van der Waals surface area (Å²) in [7, 11) is 0. The highest BCUT2D eigenvalue weighted by molar-refractivity contribution is 8.13.